The molecule has 94 valence electrons. The van der Waals surface area contributed by atoms with Crippen LogP contribution in [0.3, 0.4) is 0 Å². The minimum absolute atomic E-state index is 0.0877. The summed E-state index contributed by atoms with van der Waals surface area (Å²) < 4.78 is 5.26. The fourth-order valence-electron chi connectivity index (χ4n) is 1.51. The lowest BCUT2D eigenvalue weighted by atomic mass is 10.2. The second-order valence-electron chi connectivity index (χ2n) is 3.30. The van der Waals surface area contributed by atoms with E-state index in [1.165, 1.54) is 19.2 Å². The van der Waals surface area contributed by atoms with Crippen LogP contribution < -0.4 is 4.74 Å². The molecule has 0 saturated carbocycles. The Hall–Kier alpha value is -1.37. The molecule has 18 heavy (non-hydrogen) atoms. The molecule has 0 saturated heterocycles. The molecule has 1 aromatic heterocycles. The Balaban J connectivity index is 2.87. The molecule has 1 heterocycles. The van der Waals surface area contributed by atoms with Crippen molar-refractivity contribution in [3.05, 3.63) is 32.1 Å². The molecule has 0 aliphatic rings. The molecule has 8 heteroatoms. The number of non-ortho nitro benzene ring substituents is 1. The molecule has 0 amide bonds. The predicted octanol–water partition coefficient (Wildman–Crippen LogP) is 3.85. The van der Waals surface area contributed by atoms with Gasteiger partial charge in [0.25, 0.3) is 10.9 Å². The number of rotatable bonds is 3. The van der Waals surface area contributed by atoms with Gasteiger partial charge in [-0.1, -0.05) is 11.6 Å². The number of methoxy groups -OCH3 is 1. The lowest BCUT2D eigenvalue weighted by Crippen LogP contribution is -1.90. The van der Waals surface area contributed by atoms with Crippen LogP contribution in [0.15, 0.2) is 12.1 Å². The molecule has 5 nitrogen and oxygen atoms in total. The highest BCUT2D eigenvalue weighted by Gasteiger charge is 2.23. The van der Waals surface area contributed by atoms with Crippen molar-refractivity contribution < 1.29 is 14.5 Å². The van der Waals surface area contributed by atoms with Gasteiger partial charge in [-0.05, 0) is 17.7 Å². The normalized spacial score (nSPS) is 10.6. The number of ether oxygens (including phenoxy) is 1. The molecule has 0 bridgehead atoms. The minimum Gasteiger partial charge on any atom is -0.496 e. The van der Waals surface area contributed by atoms with Crippen LogP contribution in [0, 0.1) is 10.1 Å². The fraction of sp³-hybridized carbons (Fsp3) is 0.100. The first kappa shape index (κ1) is 13.1. The Morgan fingerprint density at radius 3 is 2.67 bits per heavy atom. The first-order valence-electron chi connectivity index (χ1n) is 4.60. The summed E-state index contributed by atoms with van der Waals surface area (Å²) in [5, 5.41) is 10.7. The van der Waals surface area contributed by atoms with Gasteiger partial charge in [-0.2, -0.15) is 0 Å². The van der Waals surface area contributed by atoms with Crippen molar-refractivity contribution in [2.75, 3.05) is 7.11 Å². The van der Waals surface area contributed by atoms with E-state index >= 15 is 0 Å². The topological polar surface area (TPSA) is 69.4 Å². The Bertz CT molecular complexity index is 667. The number of thiophene rings is 1. The maximum atomic E-state index is 11.2. The number of nitro benzene ring substituents is 1. The van der Waals surface area contributed by atoms with Crippen molar-refractivity contribution in [1.29, 1.82) is 0 Å². The van der Waals surface area contributed by atoms with Crippen LogP contribution in [0.1, 0.15) is 9.67 Å². The van der Waals surface area contributed by atoms with Crippen molar-refractivity contribution >= 4 is 55.6 Å². The molecule has 0 N–H and O–H groups in total. The average Bonchev–Trinajstić information content (AvgIpc) is 2.65. The van der Waals surface area contributed by atoms with Gasteiger partial charge in [-0.25, -0.2) is 0 Å². The molecular formula is C10H5Cl2NO4S. The van der Waals surface area contributed by atoms with Crippen LogP contribution in [0.5, 0.6) is 5.75 Å². The third kappa shape index (κ3) is 2.03. The molecule has 1 aromatic carbocycles. The SMILES string of the molecule is COc1cc([N+](=O)[O-])c2sc(C(=O)Cl)c(Cl)c2c1. The molecule has 0 atom stereocenters. The monoisotopic (exact) mass is 305 g/mol. The van der Waals surface area contributed by atoms with Crippen LogP contribution in [0.4, 0.5) is 5.69 Å². The van der Waals surface area contributed by atoms with Gasteiger partial charge >= 0.3 is 0 Å². The molecule has 0 aliphatic heterocycles. The van der Waals surface area contributed by atoms with Crippen molar-refractivity contribution in [2.24, 2.45) is 0 Å². The smallest absolute Gasteiger partial charge is 0.290 e. The number of carbonyl (C=O) groups is 1. The van der Waals surface area contributed by atoms with E-state index < -0.39 is 10.2 Å². The largest absolute Gasteiger partial charge is 0.496 e. The summed E-state index contributed by atoms with van der Waals surface area (Å²) in [6.45, 7) is 0. The third-order valence-corrected chi connectivity index (χ3v) is 4.33. The highest BCUT2D eigenvalue weighted by Crippen LogP contribution is 2.43. The fourth-order valence-corrected chi connectivity index (χ4v) is 3.17. The summed E-state index contributed by atoms with van der Waals surface area (Å²) >= 11 is 12.3. The number of nitro groups is 1. The van der Waals surface area contributed by atoms with Crippen LogP contribution in [-0.4, -0.2) is 17.3 Å². The Morgan fingerprint density at radius 1 is 1.50 bits per heavy atom. The van der Waals surface area contributed by atoms with Crippen molar-refractivity contribution in [1.82, 2.24) is 0 Å². The van der Waals surface area contributed by atoms with Crippen LogP contribution >= 0.6 is 34.5 Å². The van der Waals surface area contributed by atoms with Gasteiger partial charge in [0, 0.05) is 5.39 Å². The molecule has 2 aromatic rings. The first-order chi connectivity index (χ1) is 8.45. The summed E-state index contributed by atoms with van der Waals surface area (Å²) in [6.07, 6.45) is 0. The second kappa shape index (κ2) is 4.72. The second-order valence-corrected chi connectivity index (χ2v) is 5.04. The van der Waals surface area contributed by atoms with Gasteiger partial charge < -0.3 is 4.74 Å². The maximum absolute atomic E-state index is 11.2. The first-order valence-corrected chi connectivity index (χ1v) is 6.17. The van der Waals surface area contributed by atoms with Gasteiger partial charge in [-0.15, -0.1) is 11.3 Å². The van der Waals surface area contributed by atoms with Gasteiger partial charge in [0.1, 0.15) is 15.3 Å². The van der Waals surface area contributed by atoms with E-state index in [0.29, 0.717) is 15.8 Å². The number of halogens is 2. The van der Waals surface area contributed by atoms with Crippen LogP contribution in [0.25, 0.3) is 10.1 Å². The number of fused-ring (bicyclic) bond motifs is 1. The quantitative estimate of drug-likeness (QED) is 0.490. The number of hydrogen-bond donors (Lipinski definition) is 0. The zero-order chi connectivity index (χ0) is 13.4. The number of carbonyl (C=O) groups excluding carboxylic acids is 1. The van der Waals surface area contributed by atoms with Gasteiger partial charge in [0.15, 0.2) is 0 Å². The van der Waals surface area contributed by atoms with E-state index in [9.17, 15) is 14.9 Å². The van der Waals surface area contributed by atoms with Gasteiger partial charge in [0.05, 0.1) is 23.1 Å². The lowest BCUT2D eigenvalue weighted by Gasteiger charge is -2.00. The third-order valence-electron chi connectivity index (χ3n) is 2.29. The van der Waals surface area contributed by atoms with Gasteiger partial charge in [-0.3, -0.25) is 14.9 Å². The standard InChI is InChI=1S/C10H5Cl2NO4S/c1-17-4-2-5-7(11)9(10(12)14)18-8(5)6(3-4)13(15)16/h2-3H,1H3. The van der Waals surface area contributed by atoms with Crippen molar-refractivity contribution in [3.8, 4) is 5.75 Å². The van der Waals surface area contributed by atoms with E-state index in [1.54, 1.807) is 0 Å². The maximum Gasteiger partial charge on any atom is 0.290 e. The van der Waals surface area contributed by atoms with Crippen molar-refractivity contribution in [3.63, 3.8) is 0 Å². The molecule has 0 fully saturated rings. The highest BCUT2D eigenvalue weighted by atomic mass is 35.5. The summed E-state index contributed by atoms with van der Waals surface area (Å²) in [5.41, 5.74) is -0.166. The zero-order valence-electron chi connectivity index (χ0n) is 8.90. The molecule has 0 aliphatic carbocycles. The van der Waals surface area contributed by atoms with E-state index in [-0.39, 0.29) is 15.6 Å². The Labute approximate surface area is 115 Å². The van der Waals surface area contributed by atoms with E-state index in [1.807, 2.05) is 0 Å². The number of benzene rings is 1. The van der Waals surface area contributed by atoms with Crippen LogP contribution in [-0.2, 0) is 0 Å². The van der Waals surface area contributed by atoms with Gasteiger partial charge in [0.2, 0.25) is 0 Å². The van der Waals surface area contributed by atoms with E-state index in [2.05, 4.69) is 0 Å². The lowest BCUT2D eigenvalue weighted by molar-refractivity contribution is -0.382. The predicted molar refractivity (Wildman–Crippen MR) is 70.2 cm³/mol. The van der Waals surface area contributed by atoms with Crippen LogP contribution in [0.2, 0.25) is 5.02 Å². The Morgan fingerprint density at radius 2 is 2.17 bits per heavy atom. The summed E-state index contributed by atoms with van der Waals surface area (Å²) in [7, 11) is 1.39. The summed E-state index contributed by atoms with van der Waals surface area (Å²) in [5.74, 6) is 0.294. The average molecular weight is 306 g/mol. The molecule has 0 radical (unpaired) electrons. The number of nitrogens with zero attached hydrogens (tertiary/aromatic N) is 1. The molecular weight excluding hydrogens is 301 g/mol. The highest BCUT2D eigenvalue weighted by molar-refractivity contribution is 7.23. The van der Waals surface area contributed by atoms with Crippen molar-refractivity contribution in [2.45, 2.75) is 0 Å². The summed E-state index contributed by atoms with van der Waals surface area (Å²) in [4.78, 5) is 21.7. The Kier molecular flexibility index (Phi) is 3.43. The summed E-state index contributed by atoms with van der Waals surface area (Å²) in [6, 6.07) is 2.81. The zero-order valence-corrected chi connectivity index (χ0v) is 11.2. The molecule has 0 spiro atoms. The van der Waals surface area contributed by atoms with E-state index in [4.69, 9.17) is 27.9 Å². The van der Waals surface area contributed by atoms with E-state index in [0.717, 1.165) is 11.3 Å². The minimum atomic E-state index is -0.741. The molecule has 0 unspecified atom stereocenters. The molecule has 2 rings (SSSR count). The number of hydrogen-bond acceptors (Lipinski definition) is 5.